The molecule has 0 saturated carbocycles. The van der Waals surface area contributed by atoms with E-state index >= 15 is 0 Å². The Balaban J connectivity index is 0.000000914. The normalized spacial score (nSPS) is 22.0. The molecule has 0 aromatic carbocycles. The number of hydrogen-bond donors (Lipinski definition) is 0. The van der Waals surface area contributed by atoms with Gasteiger partial charge in [0.2, 0.25) is 0 Å². The van der Waals surface area contributed by atoms with E-state index in [9.17, 15) is 0 Å². The fourth-order valence-electron chi connectivity index (χ4n) is 5.91. The summed E-state index contributed by atoms with van der Waals surface area (Å²) in [5, 5.41) is 20.3. The molecule has 4 rings (SSSR count). The van der Waals surface area contributed by atoms with Crippen molar-refractivity contribution in [2.24, 2.45) is 0 Å². The second kappa shape index (κ2) is 12.9. The SMILES string of the molecule is CC1=CCC([Si](C)(C)N2CCCC2)=[C]1[Zr+2][C]1=C([Si](C)(C)N2CCCC2)CC=C1C.C[O-].C[O-]. The van der Waals surface area contributed by atoms with Crippen LogP contribution in [0, 0.1) is 0 Å². The van der Waals surface area contributed by atoms with Gasteiger partial charge in [0.1, 0.15) is 0 Å². The molecule has 0 radical (unpaired) electrons. The molecule has 2 saturated heterocycles. The van der Waals surface area contributed by atoms with Crippen LogP contribution in [0.3, 0.4) is 0 Å². The number of rotatable bonds is 6. The van der Waals surface area contributed by atoms with Crippen LogP contribution in [0.1, 0.15) is 52.4 Å². The van der Waals surface area contributed by atoms with Crippen molar-refractivity contribution in [1.29, 1.82) is 0 Å². The van der Waals surface area contributed by atoms with Gasteiger partial charge in [0.05, 0.1) is 0 Å². The molecule has 2 heterocycles. The summed E-state index contributed by atoms with van der Waals surface area (Å²) in [5.41, 5.74) is 3.30. The van der Waals surface area contributed by atoms with Crippen LogP contribution in [-0.2, 0) is 23.2 Å². The van der Waals surface area contributed by atoms with Crippen LogP contribution in [0.25, 0.3) is 0 Å². The molecule has 0 unspecified atom stereocenters. The summed E-state index contributed by atoms with van der Waals surface area (Å²) < 4.78 is 9.60. The molecule has 0 bridgehead atoms. The molecular formula is C26H46N2O2Si2Zr. The maximum absolute atomic E-state index is 8.25. The Morgan fingerprint density at radius 1 is 0.636 bits per heavy atom. The van der Waals surface area contributed by atoms with E-state index in [4.69, 9.17) is 10.2 Å². The first-order chi connectivity index (χ1) is 15.7. The van der Waals surface area contributed by atoms with Crippen LogP contribution in [0.2, 0.25) is 26.2 Å². The first-order valence-electron chi connectivity index (χ1n) is 12.6. The Morgan fingerprint density at radius 2 is 0.939 bits per heavy atom. The smallest absolute Gasteiger partial charge is 0.153 e. The maximum Gasteiger partial charge on any atom is -0.153 e. The molecule has 0 spiro atoms. The van der Waals surface area contributed by atoms with E-state index in [1.165, 1.54) is 64.7 Å². The predicted octanol–water partition coefficient (Wildman–Crippen LogP) is 3.91. The van der Waals surface area contributed by atoms with Crippen molar-refractivity contribution in [1.82, 2.24) is 9.13 Å². The molecule has 4 nitrogen and oxygen atoms in total. The Hall–Kier alpha value is 0.117. The van der Waals surface area contributed by atoms with Gasteiger partial charge < -0.3 is 10.2 Å². The van der Waals surface area contributed by atoms with E-state index in [0.717, 1.165) is 14.2 Å². The van der Waals surface area contributed by atoms with Gasteiger partial charge in [-0.25, -0.2) is 0 Å². The summed E-state index contributed by atoms with van der Waals surface area (Å²) in [6, 6.07) is 0. The summed E-state index contributed by atoms with van der Waals surface area (Å²) in [7, 11) is -1.43. The molecule has 33 heavy (non-hydrogen) atoms. The van der Waals surface area contributed by atoms with Crippen LogP contribution in [-0.4, -0.2) is 66.0 Å². The topological polar surface area (TPSA) is 52.6 Å². The van der Waals surface area contributed by atoms with Crippen molar-refractivity contribution in [2.45, 2.75) is 78.6 Å². The van der Waals surface area contributed by atoms with Gasteiger partial charge in [-0.3, -0.25) is 0 Å². The number of hydrogen-bond acceptors (Lipinski definition) is 4. The zero-order chi connectivity index (χ0) is 24.8. The summed E-state index contributed by atoms with van der Waals surface area (Å²) in [6.45, 7) is 20.8. The summed E-state index contributed by atoms with van der Waals surface area (Å²) in [5.74, 6) is 0. The van der Waals surface area contributed by atoms with Gasteiger partial charge in [-0.1, -0.05) is 0 Å². The third kappa shape index (κ3) is 6.28. The second-order valence-electron chi connectivity index (χ2n) is 10.5. The number of allylic oxidation sites excluding steroid dienone is 8. The zero-order valence-corrected chi connectivity index (χ0v) is 26.9. The van der Waals surface area contributed by atoms with Gasteiger partial charge in [-0.15, -0.1) is 0 Å². The van der Waals surface area contributed by atoms with Crippen molar-refractivity contribution < 1.29 is 33.4 Å². The van der Waals surface area contributed by atoms with Gasteiger partial charge in [-0.2, -0.15) is 14.2 Å². The van der Waals surface area contributed by atoms with E-state index < -0.39 is 39.7 Å². The summed E-state index contributed by atoms with van der Waals surface area (Å²) >= 11 is -0.758. The van der Waals surface area contributed by atoms with Gasteiger partial charge in [-0.05, 0) is 0 Å². The minimum Gasteiger partial charge on any atom is -0.857 e. The first kappa shape index (κ1) is 29.3. The Morgan fingerprint density at radius 3 is 1.24 bits per heavy atom. The van der Waals surface area contributed by atoms with Crippen LogP contribution in [0.5, 0.6) is 0 Å². The van der Waals surface area contributed by atoms with Gasteiger partial charge in [0.15, 0.2) is 0 Å². The van der Waals surface area contributed by atoms with Gasteiger partial charge in [0.25, 0.3) is 0 Å². The standard InChI is InChI=1S/2C12H20NSi.2CH3O.Zr/c2*1-11-6-7-12(10-11)14(2,3)13-8-4-5-9-13;2*1-2;/h2*6H,4-5,7-9H2,1-3H3;2*1H3;/q;;2*-1;+2. The third-order valence-corrected chi connectivity index (χ3v) is 21.9. The Labute approximate surface area is 217 Å². The second-order valence-corrected chi connectivity index (χ2v) is 22.3. The van der Waals surface area contributed by atoms with E-state index in [0.29, 0.717) is 0 Å². The molecule has 0 N–H and O–H groups in total. The average Bonchev–Trinajstić information content (AvgIpc) is 3.61. The molecule has 184 valence electrons. The van der Waals surface area contributed by atoms with Crippen molar-refractivity contribution in [3.05, 3.63) is 40.3 Å². The van der Waals surface area contributed by atoms with E-state index in [1.807, 2.05) is 17.0 Å². The quantitative estimate of drug-likeness (QED) is 0.458. The molecule has 4 aliphatic rings. The van der Waals surface area contributed by atoms with Crippen molar-refractivity contribution in [3.8, 4) is 0 Å². The van der Waals surface area contributed by atoms with Crippen molar-refractivity contribution in [3.63, 3.8) is 0 Å². The average molecular weight is 566 g/mol. The van der Waals surface area contributed by atoms with Crippen LogP contribution in [0.15, 0.2) is 40.3 Å². The summed E-state index contributed by atoms with van der Waals surface area (Å²) in [4.78, 5) is 0. The van der Waals surface area contributed by atoms with Gasteiger partial charge >= 0.3 is 194 Å². The molecule has 0 aromatic rings. The van der Waals surface area contributed by atoms with Gasteiger partial charge in [0, 0.05) is 0 Å². The number of nitrogens with zero attached hydrogens (tertiary/aromatic N) is 2. The molecule has 0 atom stereocenters. The minimum atomic E-state index is -1.47. The maximum atomic E-state index is 8.25. The summed E-state index contributed by atoms with van der Waals surface area (Å²) in [6.07, 6.45) is 13.3. The van der Waals surface area contributed by atoms with E-state index in [-0.39, 0.29) is 0 Å². The van der Waals surface area contributed by atoms with E-state index in [2.05, 4.69) is 61.3 Å². The Bertz CT molecular complexity index is 737. The minimum absolute atomic E-state index is 0.750. The molecule has 0 aromatic heterocycles. The monoisotopic (exact) mass is 564 g/mol. The van der Waals surface area contributed by atoms with Crippen molar-refractivity contribution in [2.75, 3.05) is 40.4 Å². The van der Waals surface area contributed by atoms with Crippen LogP contribution in [0.4, 0.5) is 0 Å². The Kier molecular flexibility index (Phi) is 11.5. The van der Waals surface area contributed by atoms with Crippen LogP contribution >= 0.6 is 0 Å². The van der Waals surface area contributed by atoms with Crippen LogP contribution < -0.4 is 10.2 Å². The predicted molar refractivity (Wildman–Crippen MR) is 139 cm³/mol. The molecule has 2 aliphatic heterocycles. The molecule has 7 heteroatoms. The molecular weight excluding hydrogens is 520 g/mol. The fourth-order valence-corrected chi connectivity index (χ4v) is 20.9. The molecule has 0 amide bonds. The first-order valence-corrected chi connectivity index (χ1v) is 21.0. The largest absolute Gasteiger partial charge is 0.857 e. The molecule has 2 fully saturated rings. The molecule has 2 aliphatic carbocycles. The zero-order valence-electron chi connectivity index (χ0n) is 22.4. The van der Waals surface area contributed by atoms with Crippen molar-refractivity contribution >= 4 is 16.5 Å². The third-order valence-electron chi connectivity index (χ3n) is 8.14. The fraction of sp³-hybridized carbons (Fsp3) is 0.692. The van der Waals surface area contributed by atoms with E-state index in [1.54, 1.807) is 11.1 Å².